The molecule has 0 saturated carbocycles. The van der Waals surface area contributed by atoms with E-state index in [-0.39, 0.29) is 11.7 Å². The minimum Gasteiger partial charge on any atom is -0.455 e. The molecular weight excluding hydrogens is 572 g/mol. The summed E-state index contributed by atoms with van der Waals surface area (Å²) in [6, 6.07) is 15.9. The zero-order chi connectivity index (χ0) is 26.6. The Morgan fingerprint density at radius 1 is 1.08 bits per heavy atom. The number of benzene rings is 2. The highest BCUT2D eigenvalue weighted by Gasteiger charge is 2.28. The molecule has 1 aliphatic carbocycles. The van der Waals surface area contributed by atoms with Crippen LogP contribution in [0.3, 0.4) is 0 Å². The maximum absolute atomic E-state index is 13.3. The third-order valence-electron chi connectivity index (χ3n) is 5.95. The first kappa shape index (κ1) is 25.7. The Kier molecular flexibility index (Phi) is 7.57. The molecule has 8 nitrogen and oxygen atoms in total. The zero-order valence-electron chi connectivity index (χ0n) is 20.3. The van der Waals surface area contributed by atoms with Crippen LogP contribution >= 0.6 is 27.5 Å². The molecular formula is C28H22BrClN4O4. The van der Waals surface area contributed by atoms with Crippen LogP contribution in [-0.2, 0) is 6.42 Å². The van der Waals surface area contributed by atoms with Gasteiger partial charge in [-0.1, -0.05) is 29.8 Å². The maximum atomic E-state index is 13.3. The summed E-state index contributed by atoms with van der Waals surface area (Å²) in [5.41, 5.74) is 5.40. The van der Waals surface area contributed by atoms with E-state index < -0.39 is 5.91 Å². The highest BCUT2D eigenvalue weighted by Crippen LogP contribution is 2.34. The van der Waals surface area contributed by atoms with E-state index in [9.17, 15) is 9.59 Å². The summed E-state index contributed by atoms with van der Waals surface area (Å²) >= 11 is 9.52. The van der Waals surface area contributed by atoms with Crippen LogP contribution in [0.15, 0.2) is 81.0 Å². The molecule has 192 valence electrons. The van der Waals surface area contributed by atoms with Gasteiger partial charge in [0, 0.05) is 39.4 Å². The Morgan fingerprint density at radius 3 is 2.68 bits per heavy atom. The number of carbonyl (C=O) groups is 2. The number of amides is 2. The lowest BCUT2D eigenvalue weighted by molar-refractivity contribution is 0.0953. The maximum Gasteiger partial charge on any atom is 0.291 e. The Balaban J connectivity index is 1.38. The topological polar surface area (TPSA) is 106 Å². The number of rotatable bonds is 6. The van der Waals surface area contributed by atoms with E-state index in [0.29, 0.717) is 62.1 Å². The van der Waals surface area contributed by atoms with E-state index in [1.54, 1.807) is 37.4 Å². The monoisotopic (exact) mass is 592 g/mol. The number of halogens is 2. The number of ether oxygens (including phenoxy) is 1. The third-order valence-corrected chi connectivity index (χ3v) is 6.62. The summed E-state index contributed by atoms with van der Waals surface area (Å²) in [5.74, 6) is 1.05. The number of aromatic nitrogens is 1. The molecule has 5 rings (SSSR count). The van der Waals surface area contributed by atoms with Crippen LogP contribution in [0, 0.1) is 6.92 Å². The van der Waals surface area contributed by atoms with Gasteiger partial charge in [-0.25, -0.2) is 5.43 Å². The van der Waals surface area contributed by atoms with Gasteiger partial charge in [0.2, 0.25) is 0 Å². The van der Waals surface area contributed by atoms with Crippen molar-refractivity contribution in [3.8, 4) is 11.5 Å². The molecule has 4 aromatic rings. The number of aryl methyl sites for hydroxylation is 1. The molecule has 2 heterocycles. The summed E-state index contributed by atoms with van der Waals surface area (Å²) in [6.07, 6.45) is 5.12. The highest BCUT2D eigenvalue weighted by molar-refractivity contribution is 9.10. The molecule has 0 aliphatic heterocycles. The molecule has 0 radical (unpaired) electrons. The Hall–Kier alpha value is -3.95. The Labute approximate surface area is 232 Å². The molecule has 10 heteroatoms. The van der Waals surface area contributed by atoms with Crippen molar-refractivity contribution in [2.24, 2.45) is 5.10 Å². The molecule has 2 amide bonds. The van der Waals surface area contributed by atoms with Crippen LogP contribution in [0.5, 0.6) is 11.5 Å². The Bertz CT molecular complexity index is 1550. The van der Waals surface area contributed by atoms with Gasteiger partial charge >= 0.3 is 0 Å². The van der Waals surface area contributed by atoms with Crippen LogP contribution in [0.4, 0.5) is 5.69 Å². The van der Waals surface area contributed by atoms with Crippen LogP contribution < -0.4 is 15.5 Å². The fraction of sp³-hybridized carbons (Fsp3) is 0.143. The number of fused-ring (bicyclic) bond motifs is 1. The van der Waals surface area contributed by atoms with Crippen molar-refractivity contribution < 1.29 is 18.7 Å². The van der Waals surface area contributed by atoms with Gasteiger partial charge in [0.05, 0.1) is 17.0 Å². The van der Waals surface area contributed by atoms with E-state index in [4.69, 9.17) is 20.8 Å². The summed E-state index contributed by atoms with van der Waals surface area (Å²) < 4.78 is 12.6. The fourth-order valence-electron chi connectivity index (χ4n) is 4.20. The molecule has 0 atom stereocenters. The number of hydrogen-bond donors (Lipinski definition) is 2. The van der Waals surface area contributed by atoms with Gasteiger partial charge in [0.25, 0.3) is 11.8 Å². The second-order valence-corrected chi connectivity index (χ2v) is 9.96. The second kappa shape index (κ2) is 11.2. The van der Waals surface area contributed by atoms with Crippen molar-refractivity contribution in [2.75, 3.05) is 5.32 Å². The van der Waals surface area contributed by atoms with Crippen molar-refractivity contribution in [2.45, 2.75) is 26.2 Å². The molecule has 2 aromatic heterocycles. The minimum atomic E-state index is -0.444. The molecule has 0 fully saturated rings. The third kappa shape index (κ3) is 5.64. The van der Waals surface area contributed by atoms with Gasteiger partial charge in [-0.3, -0.25) is 14.6 Å². The van der Waals surface area contributed by atoms with Crippen molar-refractivity contribution >= 4 is 50.7 Å². The van der Waals surface area contributed by atoms with E-state index in [2.05, 4.69) is 36.8 Å². The van der Waals surface area contributed by atoms with Crippen LogP contribution in [-0.4, -0.2) is 22.5 Å². The van der Waals surface area contributed by atoms with Crippen LogP contribution in [0.2, 0.25) is 5.02 Å². The number of pyridine rings is 1. The van der Waals surface area contributed by atoms with Crippen molar-refractivity contribution in [3.63, 3.8) is 0 Å². The predicted octanol–water partition coefficient (Wildman–Crippen LogP) is 6.91. The molecule has 0 saturated heterocycles. The molecule has 0 unspecified atom stereocenters. The Morgan fingerprint density at radius 2 is 1.89 bits per heavy atom. The average molecular weight is 594 g/mol. The van der Waals surface area contributed by atoms with Crippen LogP contribution in [0.25, 0.3) is 0 Å². The minimum absolute atomic E-state index is 0.165. The summed E-state index contributed by atoms with van der Waals surface area (Å²) in [5, 5.41) is 7.68. The van der Waals surface area contributed by atoms with Gasteiger partial charge in [0.15, 0.2) is 11.5 Å². The van der Waals surface area contributed by atoms with Crippen molar-refractivity contribution in [3.05, 3.63) is 105 Å². The van der Waals surface area contributed by atoms with Crippen molar-refractivity contribution in [1.29, 1.82) is 0 Å². The number of carbonyl (C=O) groups excluding carboxylic acids is 2. The average Bonchev–Trinajstić information content (AvgIpc) is 3.26. The fourth-order valence-corrected chi connectivity index (χ4v) is 4.74. The number of anilines is 1. The van der Waals surface area contributed by atoms with Gasteiger partial charge < -0.3 is 14.5 Å². The quantitative estimate of drug-likeness (QED) is 0.236. The number of hydrazone groups is 1. The van der Waals surface area contributed by atoms with Crippen molar-refractivity contribution in [1.82, 2.24) is 10.4 Å². The van der Waals surface area contributed by atoms with Crippen LogP contribution in [0.1, 0.15) is 50.6 Å². The van der Waals surface area contributed by atoms with E-state index in [0.717, 1.165) is 12.0 Å². The lowest BCUT2D eigenvalue weighted by atomic mass is 9.93. The lowest BCUT2D eigenvalue weighted by Gasteiger charge is -2.13. The van der Waals surface area contributed by atoms with Gasteiger partial charge in [-0.15, -0.1) is 0 Å². The van der Waals surface area contributed by atoms with E-state index in [1.807, 2.05) is 30.3 Å². The smallest absolute Gasteiger partial charge is 0.291 e. The zero-order valence-corrected chi connectivity index (χ0v) is 22.6. The van der Waals surface area contributed by atoms with E-state index >= 15 is 0 Å². The van der Waals surface area contributed by atoms with Gasteiger partial charge in [0.1, 0.15) is 11.5 Å². The first-order valence-corrected chi connectivity index (χ1v) is 13.0. The molecule has 2 aromatic carbocycles. The molecule has 0 spiro atoms. The second-order valence-electron chi connectivity index (χ2n) is 8.61. The summed E-state index contributed by atoms with van der Waals surface area (Å²) in [4.78, 5) is 29.9. The standard InChI is InChI=1S/C28H22BrClN4O4/c1-16-25-21(33-34-27(35)17-12-18(29)15-31-14-17)8-5-9-24(25)38-26(16)28(36)32-22-13-19(30)10-11-23(22)37-20-6-3-2-4-7-20/h2-4,6-7,10-15H,5,8-9H2,1H3,(H,32,36)(H,34,35)/b33-21+. The van der Waals surface area contributed by atoms with Gasteiger partial charge in [-0.2, -0.15) is 5.10 Å². The SMILES string of the molecule is Cc1c(C(=O)Nc2cc(Cl)ccc2Oc2ccccc2)oc2c1/C(=N/NC(=O)c1cncc(Br)c1)CCC2. The first-order chi connectivity index (χ1) is 18.4. The summed E-state index contributed by atoms with van der Waals surface area (Å²) in [7, 11) is 0. The number of nitrogens with one attached hydrogen (secondary N) is 2. The molecule has 38 heavy (non-hydrogen) atoms. The van der Waals surface area contributed by atoms with Gasteiger partial charge in [-0.05, 0) is 72.1 Å². The normalized spacial score (nSPS) is 13.6. The highest BCUT2D eigenvalue weighted by atomic mass is 79.9. The first-order valence-electron chi connectivity index (χ1n) is 11.8. The molecule has 0 bridgehead atoms. The lowest BCUT2D eigenvalue weighted by Crippen LogP contribution is -2.22. The number of hydrogen-bond acceptors (Lipinski definition) is 6. The number of nitrogens with zero attached hydrogens (tertiary/aromatic N) is 2. The predicted molar refractivity (Wildman–Crippen MR) is 148 cm³/mol. The largest absolute Gasteiger partial charge is 0.455 e. The summed E-state index contributed by atoms with van der Waals surface area (Å²) in [6.45, 7) is 1.80. The molecule has 2 N–H and O–H groups in total. The number of furan rings is 1. The number of para-hydroxylation sites is 1. The molecule has 1 aliphatic rings. The van der Waals surface area contributed by atoms with E-state index in [1.165, 1.54) is 6.20 Å².